The molecule has 0 aliphatic carbocycles. The first-order chi connectivity index (χ1) is 15.9. The molecule has 5 nitrogen and oxygen atoms in total. The summed E-state index contributed by atoms with van der Waals surface area (Å²) in [5.74, 6) is -0.188. The number of hydrogen-bond acceptors (Lipinski definition) is 3. The number of rotatable bonds is 7. The summed E-state index contributed by atoms with van der Waals surface area (Å²) in [5.41, 5.74) is 3.90. The van der Waals surface area contributed by atoms with Gasteiger partial charge in [0.1, 0.15) is 0 Å². The summed E-state index contributed by atoms with van der Waals surface area (Å²) in [6.45, 7) is 0. The van der Waals surface area contributed by atoms with Crippen molar-refractivity contribution in [3.8, 4) is 11.1 Å². The van der Waals surface area contributed by atoms with Gasteiger partial charge >= 0.3 is 0 Å². The van der Waals surface area contributed by atoms with E-state index < -0.39 is 10.0 Å². The first-order valence-corrected chi connectivity index (χ1v) is 12.1. The van der Waals surface area contributed by atoms with E-state index in [0.717, 1.165) is 16.7 Å². The van der Waals surface area contributed by atoms with Gasteiger partial charge < -0.3 is 5.32 Å². The number of anilines is 2. The number of para-hydroxylation sites is 1. The zero-order chi connectivity index (χ0) is 23.3. The molecule has 4 aromatic carbocycles. The van der Waals surface area contributed by atoms with E-state index in [1.165, 1.54) is 12.1 Å². The first-order valence-electron chi connectivity index (χ1n) is 10.2. The SMILES string of the molecule is O=C(Cc1ccc(-c2ccccc2)cc1)Nc1ccc(S(=O)(=O)Nc2ccccc2Cl)cc1. The highest BCUT2D eigenvalue weighted by molar-refractivity contribution is 7.92. The topological polar surface area (TPSA) is 75.3 Å². The Morgan fingerprint density at radius 2 is 1.33 bits per heavy atom. The van der Waals surface area contributed by atoms with Crippen LogP contribution in [0.2, 0.25) is 5.02 Å². The van der Waals surface area contributed by atoms with Crippen molar-refractivity contribution in [1.82, 2.24) is 0 Å². The molecule has 0 aliphatic rings. The summed E-state index contributed by atoms with van der Waals surface area (Å²) in [5, 5.41) is 3.11. The number of amides is 1. The predicted octanol–water partition coefficient (Wildman–Crippen LogP) is 5.99. The van der Waals surface area contributed by atoms with E-state index >= 15 is 0 Å². The van der Waals surface area contributed by atoms with E-state index in [1.807, 2.05) is 54.6 Å². The molecule has 0 saturated carbocycles. The predicted molar refractivity (Wildman–Crippen MR) is 133 cm³/mol. The number of carbonyl (C=O) groups excluding carboxylic acids is 1. The van der Waals surface area contributed by atoms with Gasteiger partial charge in [0.25, 0.3) is 10.0 Å². The Morgan fingerprint density at radius 1 is 0.727 bits per heavy atom. The summed E-state index contributed by atoms with van der Waals surface area (Å²) < 4.78 is 27.7. The summed E-state index contributed by atoms with van der Waals surface area (Å²) in [7, 11) is -3.80. The van der Waals surface area contributed by atoms with Gasteiger partial charge in [0.15, 0.2) is 0 Å². The van der Waals surface area contributed by atoms with Crippen LogP contribution < -0.4 is 10.0 Å². The van der Waals surface area contributed by atoms with Gasteiger partial charge in [-0.3, -0.25) is 9.52 Å². The van der Waals surface area contributed by atoms with Crippen LogP contribution >= 0.6 is 11.6 Å². The second kappa shape index (κ2) is 9.90. The van der Waals surface area contributed by atoms with Crippen molar-refractivity contribution >= 4 is 38.9 Å². The zero-order valence-corrected chi connectivity index (χ0v) is 19.1. The van der Waals surface area contributed by atoms with E-state index in [9.17, 15) is 13.2 Å². The molecule has 166 valence electrons. The Balaban J connectivity index is 1.37. The number of halogens is 1. The van der Waals surface area contributed by atoms with E-state index in [1.54, 1.807) is 36.4 Å². The van der Waals surface area contributed by atoms with Crippen LogP contribution in [-0.4, -0.2) is 14.3 Å². The van der Waals surface area contributed by atoms with Crippen molar-refractivity contribution < 1.29 is 13.2 Å². The van der Waals surface area contributed by atoms with Crippen molar-refractivity contribution in [2.24, 2.45) is 0 Å². The third-order valence-corrected chi connectivity index (χ3v) is 6.70. The lowest BCUT2D eigenvalue weighted by atomic mass is 10.0. The van der Waals surface area contributed by atoms with E-state index in [2.05, 4.69) is 10.0 Å². The summed E-state index contributed by atoms with van der Waals surface area (Å²) in [6.07, 6.45) is 0.211. The van der Waals surface area contributed by atoms with Crippen molar-refractivity contribution in [3.05, 3.63) is 114 Å². The minimum absolute atomic E-state index is 0.0666. The molecule has 0 fully saturated rings. The number of benzene rings is 4. The van der Waals surface area contributed by atoms with Crippen LogP contribution in [0, 0.1) is 0 Å². The van der Waals surface area contributed by atoms with E-state index in [0.29, 0.717) is 16.4 Å². The Kier molecular flexibility index (Phi) is 6.77. The molecular weight excluding hydrogens is 456 g/mol. The van der Waals surface area contributed by atoms with Crippen molar-refractivity contribution in [3.63, 3.8) is 0 Å². The first kappa shape index (κ1) is 22.6. The largest absolute Gasteiger partial charge is 0.326 e. The third kappa shape index (κ3) is 5.80. The Bertz CT molecular complexity index is 1360. The van der Waals surface area contributed by atoms with Crippen LogP contribution in [0.3, 0.4) is 0 Å². The highest BCUT2D eigenvalue weighted by atomic mass is 35.5. The zero-order valence-electron chi connectivity index (χ0n) is 17.5. The molecule has 4 rings (SSSR count). The molecule has 0 heterocycles. The van der Waals surface area contributed by atoms with Crippen molar-refractivity contribution in [2.45, 2.75) is 11.3 Å². The number of carbonyl (C=O) groups is 1. The Hall–Kier alpha value is -3.61. The fraction of sp³-hybridized carbons (Fsp3) is 0.0385. The molecule has 7 heteroatoms. The van der Waals surface area contributed by atoms with Crippen LogP contribution in [0.5, 0.6) is 0 Å². The molecule has 33 heavy (non-hydrogen) atoms. The fourth-order valence-corrected chi connectivity index (χ4v) is 4.62. The smallest absolute Gasteiger partial charge is 0.261 e. The van der Waals surface area contributed by atoms with Gasteiger partial charge in [0.2, 0.25) is 5.91 Å². The molecule has 0 spiro atoms. The van der Waals surface area contributed by atoms with Gasteiger partial charge in [-0.15, -0.1) is 0 Å². The molecule has 0 radical (unpaired) electrons. The molecular formula is C26H21ClN2O3S. The summed E-state index contributed by atoms with van der Waals surface area (Å²) in [4.78, 5) is 12.5. The van der Waals surface area contributed by atoms with Crippen molar-refractivity contribution in [1.29, 1.82) is 0 Å². The van der Waals surface area contributed by atoms with Crippen LogP contribution in [0.4, 0.5) is 11.4 Å². The molecule has 2 N–H and O–H groups in total. The highest BCUT2D eigenvalue weighted by Crippen LogP contribution is 2.25. The van der Waals surface area contributed by atoms with Gasteiger partial charge in [-0.05, 0) is 53.1 Å². The molecule has 4 aromatic rings. The Labute approximate surface area is 198 Å². The van der Waals surface area contributed by atoms with Crippen molar-refractivity contribution in [2.75, 3.05) is 10.0 Å². The molecule has 0 atom stereocenters. The van der Waals surface area contributed by atoms with Gasteiger partial charge in [-0.1, -0.05) is 78.3 Å². The lowest BCUT2D eigenvalue weighted by Crippen LogP contribution is -2.15. The maximum absolute atomic E-state index is 12.6. The lowest BCUT2D eigenvalue weighted by molar-refractivity contribution is -0.115. The highest BCUT2D eigenvalue weighted by Gasteiger charge is 2.16. The molecule has 0 saturated heterocycles. The minimum atomic E-state index is -3.80. The van der Waals surface area contributed by atoms with Gasteiger partial charge in [-0.25, -0.2) is 8.42 Å². The van der Waals surface area contributed by atoms with Gasteiger partial charge in [0, 0.05) is 5.69 Å². The van der Waals surface area contributed by atoms with Crippen LogP contribution in [-0.2, 0) is 21.2 Å². The fourth-order valence-electron chi connectivity index (χ4n) is 3.30. The average molecular weight is 477 g/mol. The maximum atomic E-state index is 12.6. The number of nitrogens with one attached hydrogen (secondary N) is 2. The maximum Gasteiger partial charge on any atom is 0.261 e. The normalized spacial score (nSPS) is 11.1. The van der Waals surface area contributed by atoms with Crippen LogP contribution in [0.25, 0.3) is 11.1 Å². The summed E-state index contributed by atoms with van der Waals surface area (Å²) >= 11 is 6.03. The van der Waals surface area contributed by atoms with Gasteiger partial charge in [-0.2, -0.15) is 0 Å². The number of hydrogen-bond donors (Lipinski definition) is 2. The summed E-state index contributed by atoms with van der Waals surface area (Å²) in [6, 6.07) is 30.4. The second-order valence-corrected chi connectivity index (χ2v) is 9.49. The van der Waals surface area contributed by atoms with Gasteiger partial charge in [0.05, 0.1) is 22.0 Å². The molecule has 0 aromatic heterocycles. The molecule has 0 bridgehead atoms. The molecule has 0 unspecified atom stereocenters. The lowest BCUT2D eigenvalue weighted by Gasteiger charge is -2.11. The minimum Gasteiger partial charge on any atom is -0.326 e. The van der Waals surface area contributed by atoms with Crippen LogP contribution in [0.1, 0.15) is 5.56 Å². The molecule has 1 amide bonds. The Morgan fingerprint density at radius 3 is 2.00 bits per heavy atom. The monoisotopic (exact) mass is 476 g/mol. The van der Waals surface area contributed by atoms with Crippen LogP contribution in [0.15, 0.2) is 108 Å². The van der Waals surface area contributed by atoms with E-state index in [-0.39, 0.29) is 17.2 Å². The molecule has 0 aliphatic heterocycles. The third-order valence-electron chi connectivity index (χ3n) is 4.99. The second-order valence-electron chi connectivity index (χ2n) is 7.40. The number of sulfonamides is 1. The van der Waals surface area contributed by atoms with E-state index in [4.69, 9.17) is 11.6 Å². The standard InChI is InChI=1S/C26H21ClN2O3S/c27-24-8-4-5-9-25(24)29-33(31,32)23-16-14-22(15-17-23)28-26(30)18-19-10-12-21(13-11-19)20-6-2-1-3-7-20/h1-17,29H,18H2,(H,28,30). The quantitative estimate of drug-likeness (QED) is 0.344. The average Bonchev–Trinajstić information content (AvgIpc) is 2.82.